The lowest BCUT2D eigenvalue weighted by molar-refractivity contribution is -0.914. The Balaban J connectivity index is 2.64. The second-order valence-corrected chi connectivity index (χ2v) is 5.67. The largest absolute Gasteiger partial charge is 0.313 e. The van der Waals surface area contributed by atoms with Crippen LogP contribution in [0.3, 0.4) is 0 Å². The lowest BCUT2D eigenvalue weighted by Crippen LogP contribution is -2.55. The molecule has 1 saturated heterocycles. The summed E-state index contributed by atoms with van der Waals surface area (Å²) < 4.78 is 0.993. The molecule has 0 saturated carbocycles. The standard InChI is InChI=1S/C11H23ClN/c1-5-6-10-7-9(2)8-13(3,4)11(10)12/h9-11H,5-8H2,1-4H3/q+1/t9?,10?,11-/m1/s1. The van der Waals surface area contributed by atoms with E-state index < -0.39 is 0 Å². The van der Waals surface area contributed by atoms with E-state index in [1.54, 1.807) is 0 Å². The van der Waals surface area contributed by atoms with Crippen LogP contribution in [0.15, 0.2) is 0 Å². The van der Waals surface area contributed by atoms with Gasteiger partial charge < -0.3 is 4.48 Å². The number of rotatable bonds is 2. The highest BCUT2D eigenvalue weighted by molar-refractivity contribution is 6.19. The van der Waals surface area contributed by atoms with E-state index in [9.17, 15) is 0 Å². The molecule has 0 aromatic carbocycles. The predicted molar refractivity (Wildman–Crippen MR) is 58.8 cm³/mol. The van der Waals surface area contributed by atoms with Gasteiger partial charge in [0, 0.05) is 11.8 Å². The Bertz CT molecular complexity index is 167. The maximum Gasteiger partial charge on any atom is 0.167 e. The van der Waals surface area contributed by atoms with Crippen molar-refractivity contribution >= 4 is 11.6 Å². The molecule has 1 heterocycles. The molecule has 0 aromatic heterocycles. The van der Waals surface area contributed by atoms with Gasteiger partial charge in [0.2, 0.25) is 0 Å². The van der Waals surface area contributed by atoms with Crippen LogP contribution in [0.4, 0.5) is 0 Å². The number of halogens is 1. The maximum absolute atomic E-state index is 6.49. The van der Waals surface area contributed by atoms with Gasteiger partial charge in [-0.3, -0.25) is 0 Å². The molecule has 2 unspecified atom stereocenters. The lowest BCUT2D eigenvalue weighted by Gasteiger charge is -2.45. The zero-order valence-electron chi connectivity index (χ0n) is 9.39. The molecule has 0 radical (unpaired) electrons. The minimum atomic E-state index is 0.330. The normalized spacial score (nSPS) is 39.0. The molecule has 1 nitrogen and oxygen atoms in total. The van der Waals surface area contributed by atoms with Crippen molar-refractivity contribution in [2.75, 3.05) is 20.6 Å². The first-order chi connectivity index (χ1) is 5.97. The van der Waals surface area contributed by atoms with Crippen LogP contribution in [-0.2, 0) is 0 Å². The smallest absolute Gasteiger partial charge is 0.167 e. The number of piperidine rings is 1. The molecular formula is C11H23ClN+. The quantitative estimate of drug-likeness (QED) is 0.369. The maximum atomic E-state index is 6.49. The van der Waals surface area contributed by atoms with Gasteiger partial charge in [0.15, 0.2) is 5.50 Å². The Hall–Kier alpha value is 0.250. The number of alkyl halides is 1. The van der Waals surface area contributed by atoms with E-state index in [4.69, 9.17) is 11.6 Å². The summed E-state index contributed by atoms with van der Waals surface area (Å²) in [5.74, 6) is 1.56. The first kappa shape index (κ1) is 11.3. The van der Waals surface area contributed by atoms with E-state index in [0.717, 1.165) is 16.3 Å². The molecule has 1 rings (SSSR count). The van der Waals surface area contributed by atoms with Gasteiger partial charge in [0.05, 0.1) is 20.6 Å². The van der Waals surface area contributed by atoms with Gasteiger partial charge in [0.1, 0.15) is 0 Å². The van der Waals surface area contributed by atoms with Gasteiger partial charge in [-0.1, -0.05) is 31.9 Å². The zero-order valence-corrected chi connectivity index (χ0v) is 10.1. The van der Waals surface area contributed by atoms with Crippen molar-refractivity contribution in [3.8, 4) is 0 Å². The van der Waals surface area contributed by atoms with Crippen LogP contribution in [0.5, 0.6) is 0 Å². The molecule has 1 aliphatic heterocycles. The van der Waals surface area contributed by atoms with Crippen LogP contribution in [0.25, 0.3) is 0 Å². The summed E-state index contributed by atoms with van der Waals surface area (Å²) in [6.07, 6.45) is 3.88. The summed E-state index contributed by atoms with van der Waals surface area (Å²) in [4.78, 5) is 0. The van der Waals surface area contributed by atoms with E-state index in [1.165, 1.54) is 25.8 Å². The monoisotopic (exact) mass is 204 g/mol. The molecule has 0 bridgehead atoms. The van der Waals surface area contributed by atoms with Gasteiger partial charge in [-0.2, -0.15) is 0 Å². The average molecular weight is 205 g/mol. The third kappa shape index (κ3) is 2.60. The summed E-state index contributed by atoms with van der Waals surface area (Å²) in [5.41, 5.74) is 0.330. The van der Waals surface area contributed by atoms with E-state index in [0.29, 0.717) is 5.50 Å². The number of likely N-dealkylation sites (tertiary alicyclic amines) is 1. The van der Waals surface area contributed by atoms with Crippen molar-refractivity contribution < 1.29 is 4.48 Å². The minimum absolute atomic E-state index is 0.330. The highest BCUT2D eigenvalue weighted by Crippen LogP contribution is 2.35. The number of hydrogen-bond donors (Lipinski definition) is 0. The van der Waals surface area contributed by atoms with Crippen molar-refractivity contribution in [2.45, 2.75) is 38.6 Å². The molecule has 0 aliphatic carbocycles. The van der Waals surface area contributed by atoms with Crippen molar-refractivity contribution in [3.05, 3.63) is 0 Å². The van der Waals surface area contributed by atoms with Crippen molar-refractivity contribution in [3.63, 3.8) is 0 Å². The van der Waals surface area contributed by atoms with Crippen LogP contribution < -0.4 is 0 Å². The third-order valence-corrected chi connectivity index (χ3v) is 4.09. The SMILES string of the molecule is CCCC1CC(C)C[N+](C)(C)[C@H]1Cl. The molecule has 3 atom stereocenters. The van der Waals surface area contributed by atoms with Crippen LogP contribution in [0.2, 0.25) is 0 Å². The Labute approximate surface area is 87.7 Å². The highest BCUT2D eigenvalue weighted by Gasteiger charge is 2.40. The number of hydrogen-bond acceptors (Lipinski definition) is 0. The first-order valence-electron chi connectivity index (χ1n) is 5.44. The van der Waals surface area contributed by atoms with Gasteiger partial charge in [0.25, 0.3) is 0 Å². The lowest BCUT2D eigenvalue weighted by atomic mass is 9.86. The fraction of sp³-hybridized carbons (Fsp3) is 1.00. The van der Waals surface area contributed by atoms with Crippen LogP contribution >= 0.6 is 11.6 Å². The van der Waals surface area contributed by atoms with Crippen molar-refractivity contribution in [1.82, 2.24) is 0 Å². The molecule has 0 spiro atoms. The van der Waals surface area contributed by atoms with Gasteiger partial charge >= 0.3 is 0 Å². The van der Waals surface area contributed by atoms with Gasteiger partial charge in [-0.25, -0.2) is 0 Å². The van der Waals surface area contributed by atoms with E-state index in [-0.39, 0.29) is 0 Å². The molecule has 0 amide bonds. The Morgan fingerprint density at radius 1 is 1.38 bits per heavy atom. The fourth-order valence-electron chi connectivity index (χ4n) is 2.80. The minimum Gasteiger partial charge on any atom is -0.313 e. The molecule has 0 N–H and O–H groups in total. The average Bonchev–Trinajstić information content (AvgIpc) is 1.99. The third-order valence-electron chi connectivity index (χ3n) is 3.20. The second kappa shape index (κ2) is 4.18. The number of nitrogens with zero attached hydrogens (tertiary/aromatic N) is 1. The molecule has 0 aromatic rings. The molecule has 1 fully saturated rings. The number of quaternary nitrogens is 1. The first-order valence-corrected chi connectivity index (χ1v) is 5.87. The summed E-state index contributed by atoms with van der Waals surface area (Å²) in [6.45, 7) is 5.84. The highest BCUT2D eigenvalue weighted by atomic mass is 35.5. The molecule has 78 valence electrons. The molecule has 13 heavy (non-hydrogen) atoms. The zero-order chi connectivity index (χ0) is 10.1. The van der Waals surface area contributed by atoms with Crippen molar-refractivity contribution in [2.24, 2.45) is 11.8 Å². The van der Waals surface area contributed by atoms with Gasteiger partial charge in [-0.05, 0) is 12.8 Å². The van der Waals surface area contributed by atoms with E-state index in [2.05, 4.69) is 27.9 Å². The van der Waals surface area contributed by atoms with Crippen LogP contribution in [0.1, 0.15) is 33.1 Å². The fourth-order valence-corrected chi connectivity index (χ4v) is 3.11. The summed E-state index contributed by atoms with van der Waals surface area (Å²) in [6, 6.07) is 0. The van der Waals surface area contributed by atoms with Crippen LogP contribution in [-0.4, -0.2) is 30.6 Å². The summed E-state index contributed by atoms with van der Waals surface area (Å²) >= 11 is 6.49. The molecule has 1 aliphatic rings. The Kier molecular flexibility index (Phi) is 3.64. The topological polar surface area (TPSA) is 0 Å². The van der Waals surface area contributed by atoms with Crippen LogP contribution in [0, 0.1) is 11.8 Å². The molecular weight excluding hydrogens is 182 g/mol. The van der Waals surface area contributed by atoms with E-state index in [1.807, 2.05) is 0 Å². The van der Waals surface area contributed by atoms with E-state index >= 15 is 0 Å². The Morgan fingerprint density at radius 3 is 2.54 bits per heavy atom. The van der Waals surface area contributed by atoms with Gasteiger partial charge in [-0.15, -0.1) is 0 Å². The van der Waals surface area contributed by atoms with Crippen molar-refractivity contribution in [1.29, 1.82) is 0 Å². The Morgan fingerprint density at radius 2 is 2.00 bits per heavy atom. The predicted octanol–water partition coefficient (Wildman–Crippen LogP) is 3.08. The second-order valence-electron chi connectivity index (χ2n) is 5.22. The molecule has 2 heteroatoms. The summed E-state index contributed by atoms with van der Waals surface area (Å²) in [5, 5.41) is 0. The summed E-state index contributed by atoms with van der Waals surface area (Å²) in [7, 11) is 4.52.